The average Bonchev–Trinajstić information content (AvgIpc) is 3.01. The van der Waals surface area contributed by atoms with Gasteiger partial charge in [0.05, 0.1) is 10.2 Å². The van der Waals surface area contributed by atoms with Gasteiger partial charge in [0.15, 0.2) is 12.4 Å². The number of esters is 1. The molecule has 0 unspecified atom stereocenters. The van der Waals surface area contributed by atoms with E-state index >= 15 is 0 Å². The summed E-state index contributed by atoms with van der Waals surface area (Å²) < 4.78 is 11.6. The molecule has 0 fully saturated rings. The van der Waals surface area contributed by atoms with Crippen molar-refractivity contribution in [2.75, 3.05) is 6.61 Å². The van der Waals surface area contributed by atoms with E-state index in [0.29, 0.717) is 11.3 Å². The predicted molar refractivity (Wildman–Crippen MR) is 91.4 cm³/mol. The number of rotatable bonds is 6. The van der Waals surface area contributed by atoms with Crippen LogP contribution in [0.15, 0.2) is 48.5 Å². The summed E-state index contributed by atoms with van der Waals surface area (Å²) in [6.45, 7) is 1.43. The molecule has 6 heteroatoms. The van der Waals surface area contributed by atoms with Gasteiger partial charge in [0.1, 0.15) is 17.4 Å². The van der Waals surface area contributed by atoms with Crippen molar-refractivity contribution in [3.8, 4) is 5.75 Å². The number of thiazole rings is 1. The van der Waals surface area contributed by atoms with Crippen LogP contribution in [-0.2, 0) is 16.1 Å². The Balaban J connectivity index is 1.49. The Morgan fingerprint density at radius 1 is 1.08 bits per heavy atom. The summed E-state index contributed by atoms with van der Waals surface area (Å²) in [4.78, 5) is 27.3. The molecule has 0 atom stereocenters. The fraction of sp³-hybridized carbons (Fsp3) is 0.167. The quantitative estimate of drug-likeness (QED) is 0.506. The predicted octanol–water partition coefficient (Wildman–Crippen LogP) is 3.62. The van der Waals surface area contributed by atoms with Gasteiger partial charge in [0, 0.05) is 5.56 Å². The maximum Gasteiger partial charge on any atom is 0.344 e. The minimum Gasteiger partial charge on any atom is -0.482 e. The Kier molecular flexibility index (Phi) is 4.86. The molecule has 5 nitrogen and oxygen atoms in total. The maximum absolute atomic E-state index is 11.8. The van der Waals surface area contributed by atoms with E-state index in [-0.39, 0.29) is 19.0 Å². The second kappa shape index (κ2) is 7.23. The molecule has 0 aliphatic rings. The van der Waals surface area contributed by atoms with Crippen molar-refractivity contribution in [2.45, 2.75) is 13.5 Å². The highest BCUT2D eigenvalue weighted by atomic mass is 32.1. The van der Waals surface area contributed by atoms with Gasteiger partial charge in [-0.15, -0.1) is 11.3 Å². The lowest BCUT2D eigenvalue weighted by Gasteiger charge is -2.06. The molecule has 0 spiro atoms. The molecule has 1 aromatic heterocycles. The smallest absolute Gasteiger partial charge is 0.344 e. The van der Waals surface area contributed by atoms with Crippen LogP contribution in [-0.4, -0.2) is 23.3 Å². The van der Waals surface area contributed by atoms with Gasteiger partial charge >= 0.3 is 5.97 Å². The molecule has 0 radical (unpaired) electrons. The third-order valence-corrected chi connectivity index (χ3v) is 4.32. The Morgan fingerprint density at radius 3 is 2.54 bits per heavy atom. The molecule has 24 heavy (non-hydrogen) atoms. The number of ether oxygens (including phenoxy) is 2. The van der Waals surface area contributed by atoms with Crippen LogP contribution in [0.1, 0.15) is 22.3 Å². The molecule has 122 valence electrons. The molecule has 0 saturated heterocycles. The molecule has 0 N–H and O–H groups in total. The molecule has 1 heterocycles. The van der Waals surface area contributed by atoms with E-state index in [1.807, 2.05) is 24.3 Å². The number of carbonyl (C=O) groups excluding carboxylic acids is 2. The second-order valence-electron chi connectivity index (χ2n) is 5.11. The van der Waals surface area contributed by atoms with E-state index in [4.69, 9.17) is 9.47 Å². The highest BCUT2D eigenvalue weighted by Gasteiger charge is 2.08. The highest BCUT2D eigenvalue weighted by Crippen LogP contribution is 2.22. The number of nitrogens with zero attached hydrogens (tertiary/aromatic N) is 1. The molecule has 0 bridgehead atoms. The summed E-state index contributed by atoms with van der Waals surface area (Å²) >= 11 is 1.50. The summed E-state index contributed by atoms with van der Waals surface area (Å²) in [5.74, 6) is 0.0265. The zero-order chi connectivity index (χ0) is 16.9. The van der Waals surface area contributed by atoms with Crippen LogP contribution in [0.5, 0.6) is 5.75 Å². The third-order valence-electron chi connectivity index (χ3n) is 3.31. The fourth-order valence-electron chi connectivity index (χ4n) is 2.09. The van der Waals surface area contributed by atoms with E-state index in [1.54, 1.807) is 24.3 Å². The molecule has 3 aromatic rings. The van der Waals surface area contributed by atoms with Crippen LogP contribution in [0, 0.1) is 0 Å². The fourth-order valence-corrected chi connectivity index (χ4v) is 2.97. The number of para-hydroxylation sites is 1. The van der Waals surface area contributed by atoms with E-state index < -0.39 is 5.97 Å². The number of hydrogen-bond acceptors (Lipinski definition) is 6. The second-order valence-corrected chi connectivity index (χ2v) is 6.22. The molecule has 0 amide bonds. The van der Waals surface area contributed by atoms with Crippen LogP contribution < -0.4 is 4.74 Å². The molecule has 0 aliphatic carbocycles. The first kappa shape index (κ1) is 16.1. The van der Waals surface area contributed by atoms with Crippen LogP contribution in [0.25, 0.3) is 10.2 Å². The number of fused-ring (bicyclic) bond motifs is 1. The lowest BCUT2D eigenvalue weighted by Crippen LogP contribution is -2.14. The number of carbonyl (C=O) groups is 2. The number of ketones is 1. The number of aromatic nitrogens is 1. The number of benzene rings is 2. The number of Topliss-reactive ketones (excluding diaryl/α,β-unsaturated/α-hetero) is 1. The largest absolute Gasteiger partial charge is 0.482 e. The zero-order valence-electron chi connectivity index (χ0n) is 13.0. The van der Waals surface area contributed by atoms with Gasteiger partial charge in [-0.1, -0.05) is 12.1 Å². The first-order valence-corrected chi connectivity index (χ1v) is 8.17. The average molecular weight is 341 g/mol. The minimum atomic E-state index is -0.468. The highest BCUT2D eigenvalue weighted by molar-refractivity contribution is 7.18. The molecular weight excluding hydrogens is 326 g/mol. The van der Waals surface area contributed by atoms with Gasteiger partial charge in [-0.05, 0) is 43.3 Å². The summed E-state index contributed by atoms with van der Waals surface area (Å²) in [6, 6.07) is 14.4. The maximum atomic E-state index is 11.8. The van der Waals surface area contributed by atoms with Crippen molar-refractivity contribution >= 4 is 33.3 Å². The van der Waals surface area contributed by atoms with Gasteiger partial charge in [-0.25, -0.2) is 9.78 Å². The van der Waals surface area contributed by atoms with Crippen LogP contribution in [0.4, 0.5) is 0 Å². The molecular formula is C18H15NO4S. The molecule has 0 aliphatic heterocycles. The zero-order valence-corrected chi connectivity index (χ0v) is 13.8. The first-order valence-electron chi connectivity index (χ1n) is 7.36. The van der Waals surface area contributed by atoms with Crippen molar-refractivity contribution in [2.24, 2.45) is 0 Å². The van der Waals surface area contributed by atoms with Crippen LogP contribution in [0.3, 0.4) is 0 Å². The topological polar surface area (TPSA) is 65.5 Å². The van der Waals surface area contributed by atoms with Gasteiger partial charge in [-0.3, -0.25) is 4.79 Å². The molecule has 0 saturated carbocycles. The van der Waals surface area contributed by atoms with E-state index in [2.05, 4.69) is 4.98 Å². The Bertz CT molecular complexity index is 837. The van der Waals surface area contributed by atoms with Crippen molar-refractivity contribution < 1.29 is 19.1 Å². The Labute approximate surface area is 142 Å². The Hall–Kier alpha value is -2.73. The lowest BCUT2D eigenvalue weighted by atomic mass is 10.1. The molecule has 3 rings (SSSR count). The summed E-state index contributed by atoms with van der Waals surface area (Å²) in [6.07, 6.45) is 0. The summed E-state index contributed by atoms with van der Waals surface area (Å²) in [5.41, 5.74) is 1.50. The molecule has 2 aromatic carbocycles. The Morgan fingerprint density at radius 2 is 1.83 bits per heavy atom. The van der Waals surface area contributed by atoms with E-state index in [0.717, 1.165) is 15.2 Å². The van der Waals surface area contributed by atoms with Crippen molar-refractivity contribution in [3.05, 3.63) is 59.1 Å². The monoisotopic (exact) mass is 341 g/mol. The summed E-state index contributed by atoms with van der Waals surface area (Å²) in [5, 5.41) is 0.746. The van der Waals surface area contributed by atoms with Gasteiger partial charge in [0.2, 0.25) is 0 Å². The lowest BCUT2D eigenvalue weighted by molar-refractivity contribution is -0.147. The third kappa shape index (κ3) is 3.97. The van der Waals surface area contributed by atoms with Crippen molar-refractivity contribution in [1.29, 1.82) is 0 Å². The minimum absolute atomic E-state index is 0.0169. The summed E-state index contributed by atoms with van der Waals surface area (Å²) in [7, 11) is 0. The van der Waals surface area contributed by atoms with Gasteiger partial charge in [0.25, 0.3) is 0 Å². The SMILES string of the molecule is CC(=O)c1ccc(OCC(=O)OCc2nc3ccccc3s2)cc1. The normalized spacial score (nSPS) is 10.5. The van der Waals surface area contributed by atoms with Crippen molar-refractivity contribution in [1.82, 2.24) is 4.98 Å². The van der Waals surface area contributed by atoms with Crippen molar-refractivity contribution in [3.63, 3.8) is 0 Å². The van der Waals surface area contributed by atoms with E-state index in [9.17, 15) is 9.59 Å². The number of hydrogen-bond donors (Lipinski definition) is 0. The van der Waals surface area contributed by atoms with E-state index in [1.165, 1.54) is 18.3 Å². The van der Waals surface area contributed by atoms with Gasteiger partial charge < -0.3 is 9.47 Å². The van der Waals surface area contributed by atoms with Crippen LogP contribution >= 0.6 is 11.3 Å². The first-order chi connectivity index (χ1) is 11.6. The van der Waals surface area contributed by atoms with Gasteiger partial charge in [-0.2, -0.15) is 0 Å². The van der Waals surface area contributed by atoms with Crippen LogP contribution in [0.2, 0.25) is 0 Å². The standard InChI is InChI=1S/C18H15NO4S/c1-12(20)13-6-8-14(9-7-13)22-11-18(21)23-10-17-19-15-4-2-3-5-16(15)24-17/h2-9H,10-11H2,1H3.